The molecule has 0 amide bonds. The van der Waals surface area contributed by atoms with Crippen LogP contribution in [0.1, 0.15) is 5.69 Å². The number of hydrogen-bond acceptors (Lipinski definition) is 5. The molecule has 0 atom stereocenters. The Hall–Kier alpha value is -2.12. The lowest BCUT2D eigenvalue weighted by Gasteiger charge is -2.06. The molecule has 7 heteroatoms. The summed E-state index contributed by atoms with van der Waals surface area (Å²) in [5, 5.41) is 8.67. The van der Waals surface area contributed by atoms with Gasteiger partial charge in [0.25, 0.3) is 0 Å². The number of rotatable bonds is 5. The van der Waals surface area contributed by atoms with Gasteiger partial charge in [0.2, 0.25) is 0 Å². The Morgan fingerprint density at radius 1 is 1.04 bits per heavy atom. The van der Waals surface area contributed by atoms with E-state index in [2.05, 4.69) is 10.2 Å². The Morgan fingerprint density at radius 2 is 1.74 bits per heavy atom. The van der Waals surface area contributed by atoms with Gasteiger partial charge in [-0.2, -0.15) is 15.0 Å². The van der Waals surface area contributed by atoms with Crippen LogP contribution in [0.4, 0.5) is 0 Å². The van der Waals surface area contributed by atoms with Crippen LogP contribution in [0, 0.1) is 0 Å². The number of sulfone groups is 1. The fourth-order valence-corrected chi connectivity index (χ4v) is 4.28. The van der Waals surface area contributed by atoms with Gasteiger partial charge in [0.15, 0.2) is 9.84 Å². The van der Waals surface area contributed by atoms with Crippen molar-refractivity contribution in [2.45, 2.75) is 15.5 Å². The molecule has 1 heterocycles. The molecule has 0 aliphatic carbocycles. The Morgan fingerprint density at radius 3 is 2.48 bits per heavy atom. The van der Waals surface area contributed by atoms with Gasteiger partial charge < -0.3 is 0 Å². The molecule has 3 aromatic rings. The van der Waals surface area contributed by atoms with Crippen molar-refractivity contribution in [2.24, 2.45) is 0 Å². The topological polar surface area (TPSA) is 64.8 Å². The van der Waals surface area contributed by atoms with Crippen LogP contribution >= 0.6 is 11.8 Å². The summed E-state index contributed by atoms with van der Waals surface area (Å²) in [6.45, 7) is 0. The summed E-state index contributed by atoms with van der Waals surface area (Å²) >= 11 is 1.44. The van der Waals surface area contributed by atoms with Crippen LogP contribution < -0.4 is 0 Å². The van der Waals surface area contributed by atoms with E-state index in [4.69, 9.17) is 0 Å². The molecule has 0 bridgehead atoms. The second kappa shape index (κ2) is 6.55. The van der Waals surface area contributed by atoms with Crippen LogP contribution in [0.3, 0.4) is 0 Å². The lowest BCUT2D eigenvalue weighted by atomic mass is 10.3. The number of thioether (sulfide) groups is 1. The zero-order valence-electron chi connectivity index (χ0n) is 12.5. The van der Waals surface area contributed by atoms with E-state index in [1.54, 1.807) is 23.1 Å². The first-order chi connectivity index (χ1) is 11.0. The third kappa shape index (κ3) is 3.80. The maximum Gasteiger partial charge on any atom is 0.176 e. The Labute approximate surface area is 139 Å². The van der Waals surface area contributed by atoms with Gasteiger partial charge in [-0.3, -0.25) is 0 Å². The van der Waals surface area contributed by atoms with E-state index in [1.165, 1.54) is 18.0 Å². The average molecular weight is 345 g/mol. The van der Waals surface area contributed by atoms with E-state index < -0.39 is 9.84 Å². The van der Waals surface area contributed by atoms with Gasteiger partial charge >= 0.3 is 0 Å². The first kappa shape index (κ1) is 15.8. The molecule has 0 unspecified atom stereocenters. The van der Waals surface area contributed by atoms with Crippen LogP contribution in [-0.2, 0) is 15.6 Å². The average Bonchev–Trinajstić information content (AvgIpc) is 3.02. The van der Waals surface area contributed by atoms with Crippen molar-refractivity contribution < 1.29 is 8.42 Å². The minimum Gasteiger partial charge on any atom is -0.224 e. The second-order valence-electron chi connectivity index (χ2n) is 4.97. The number of benzene rings is 2. The minimum atomic E-state index is -3.24. The van der Waals surface area contributed by atoms with E-state index >= 15 is 0 Å². The summed E-state index contributed by atoms with van der Waals surface area (Å²) in [6.07, 6.45) is 2.92. The first-order valence-corrected chi connectivity index (χ1v) is 9.80. The van der Waals surface area contributed by atoms with Crippen molar-refractivity contribution in [3.8, 4) is 5.69 Å². The fourth-order valence-electron chi connectivity index (χ4n) is 2.07. The maximum atomic E-state index is 11.8. The van der Waals surface area contributed by atoms with Crippen molar-refractivity contribution in [1.82, 2.24) is 15.0 Å². The summed E-state index contributed by atoms with van der Waals surface area (Å²) in [5.41, 5.74) is 1.68. The largest absolute Gasteiger partial charge is 0.224 e. The summed E-state index contributed by atoms with van der Waals surface area (Å²) < 4.78 is 23.6. The highest BCUT2D eigenvalue weighted by Gasteiger charge is 2.13. The highest BCUT2D eigenvalue weighted by Crippen LogP contribution is 2.28. The Kier molecular flexibility index (Phi) is 4.49. The van der Waals surface area contributed by atoms with E-state index in [1.807, 2.05) is 42.5 Å². The maximum absolute atomic E-state index is 11.8. The summed E-state index contributed by atoms with van der Waals surface area (Å²) in [6, 6.07) is 16.6. The summed E-state index contributed by atoms with van der Waals surface area (Å²) in [4.78, 5) is 2.64. The number of nitrogens with zero attached hydrogens (tertiary/aromatic N) is 3. The van der Waals surface area contributed by atoms with Crippen molar-refractivity contribution >= 4 is 21.6 Å². The van der Waals surface area contributed by atoms with Gasteiger partial charge in [-0.25, -0.2) is 8.42 Å². The molecule has 0 fully saturated rings. The Bertz CT molecular complexity index is 906. The van der Waals surface area contributed by atoms with E-state index in [0.29, 0.717) is 10.6 Å². The van der Waals surface area contributed by atoms with Crippen LogP contribution in [0.5, 0.6) is 0 Å². The van der Waals surface area contributed by atoms with Gasteiger partial charge in [0.05, 0.1) is 22.5 Å². The normalized spacial score (nSPS) is 11.5. The zero-order chi connectivity index (χ0) is 16.3. The molecule has 2 aromatic carbocycles. The summed E-state index contributed by atoms with van der Waals surface area (Å²) in [7, 11) is -3.24. The number of para-hydroxylation sites is 1. The number of aromatic nitrogens is 3. The lowest BCUT2D eigenvalue weighted by Crippen LogP contribution is -2.00. The fraction of sp³-hybridized carbons (Fsp3) is 0.125. The molecule has 0 saturated carbocycles. The van der Waals surface area contributed by atoms with Crippen molar-refractivity contribution in [1.29, 1.82) is 0 Å². The van der Waals surface area contributed by atoms with Gasteiger partial charge in [0, 0.05) is 16.9 Å². The third-order valence-corrected chi connectivity index (χ3v) is 5.54. The van der Waals surface area contributed by atoms with Gasteiger partial charge in [-0.05, 0) is 24.3 Å². The van der Waals surface area contributed by atoms with E-state index in [0.717, 1.165) is 16.3 Å². The third-order valence-electron chi connectivity index (χ3n) is 3.15. The quantitative estimate of drug-likeness (QED) is 0.665. The number of hydrogen-bond donors (Lipinski definition) is 0. The van der Waals surface area contributed by atoms with E-state index in [-0.39, 0.29) is 0 Å². The lowest BCUT2D eigenvalue weighted by molar-refractivity contribution is 0.600. The molecular weight excluding hydrogens is 330 g/mol. The molecule has 0 aliphatic heterocycles. The molecule has 118 valence electrons. The molecule has 3 rings (SSSR count). The monoisotopic (exact) mass is 345 g/mol. The predicted molar refractivity (Wildman–Crippen MR) is 90.5 cm³/mol. The minimum absolute atomic E-state index is 0.348. The second-order valence-corrected chi connectivity index (χ2v) is 7.97. The zero-order valence-corrected chi connectivity index (χ0v) is 14.1. The first-order valence-electron chi connectivity index (χ1n) is 6.92. The molecule has 5 nitrogen and oxygen atoms in total. The van der Waals surface area contributed by atoms with Crippen molar-refractivity contribution in [2.75, 3.05) is 6.26 Å². The molecule has 0 aliphatic rings. The SMILES string of the molecule is CS(=O)(=O)c1ccccc1SCc1cnn(-c2ccccc2)n1. The van der Waals surface area contributed by atoms with Gasteiger partial charge in [0.1, 0.15) is 0 Å². The smallest absolute Gasteiger partial charge is 0.176 e. The van der Waals surface area contributed by atoms with Crippen molar-refractivity contribution in [3.63, 3.8) is 0 Å². The molecule has 0 radical (unpaired) electrons. The molecule has 0 spiro atoms. The molecule has 1 aromatic heterocycles. The van der Waals surface area contributed by atoms with Gasteiger partial charge in [-0.1, -0.05) is 30.3 Å². The van der Waals surface area contributed by atoms with Crippen molar-refractivity contribution in [3.05, 3.63) is 66.5 Å². The molecule has 0 N–H and O–H groups in total. The van der Waals surface area contributed by atoms with Crippen LogP contribution in [0.15, 0.2) is 70.6 Å². The van der Waals surface area contributed by atoms with E-state index in [9.17, 15) is 8.42 Å². The van der Waals surface area contributed by atoms with Crippen LogP contribution in [-0.4, -0.2) is 29.7 Å². The summed E-state index contributed by atoms with van der Waals surface area (Å²) in [5.74, 6) is 0.555. The predicted octanol–water partition coefficient (Wildman–Crippen LogP) is 2.96. The van der Waals surface area contributed by atoms with Gasteiger partial charge in [-0.15, -0.1) is 11.8 Å². The Balaban J connectivity index is 1.77. The van der Waals surface area contributed by atoms with Crippen LogP contribution in [0.2, 0.25) is 0 Å². The highest BCUT2D eigenvalue weighted by atomic mass is 32.2. The standard InChI is InChI=1S/C16H15N3O2S2/c1-23(20,21)16-10-6-5-9-15(16)22-12-13-11-17-19(18-13)14-7-3-2-4-8-14/h2-11H,12H2,1H3. The highest BCUT2D eigenvalue weighted by molar-refractivity contribution is 7.99. The van der Waals surface area contributed by atoms with Crippen LogP contribution in [0.25, 0.3) is 5.69 Å². The molecule has 23 heavy (non-hydrogen) atoms. The molecular formula is C16H15N3O2S2. The molecule has 0 saturated heterocycles.